The fraction of sp³-hybridized carbons (Fsp3) is 0.424. The van der Waals surface area contributed by atoms with Gasteiger partial charge < -0.3 is 25.4 Å². The van der Waals surface area contributed by atoms with Gasteiger partial charge in [-0.25, -0.2) is 0 Å². The smallest absolute Gasteiger partial charge is 0.250 e. The number of aliphatic hydroxyl groups is 1. The molecule has 3 aliphatic heterocycles. The molecule has 3 aromatic rings. The number of fused-ring (bicyclic) bond motifs is 2. The van der Waals surface area contributed by atoms with Crippen LogP contribution in [-0.2, 0) is 19.1 Å². The Kier molecular flexibility index (Phi) is 6.86. The summed E-state index contributed by atoms with van der Waals surface area (Å²) in [6.07, 6.45) is 1.73. The molecule has 3 aliphatic rings. The monoisotopic (exact) mass is 555 g/mol. The van der Waals surface area contributed by atoms with Crippen LogP contribution in [0.15, 0.2) is 72.8 Å². The molecule has 3 heterocycles. The highest BCUT2D eigenvalue weighted by Gasteiger charge is 2.78. The van der Waals surface area contributed by atoms with Crippen LogP contribution in [0.1, 0.15) is 40.0 Å². The third-order valence-corrected chi connectivity index (χ3v) is 9.65. The summed E-state index contributed by atoms with van der Waals surface area (Å²) in [5.41, 5.74) is -0.815. The van der Waals surface area contributed by atoms with Crippen molar-refractivity contribution in [1.82, 2.24) is 4.90 Å². The van der Waals surface area contributed by atoms with Gasteiger partial charge in [0.1, 0.15) is 11.6 Å². The number of para-hydroxylation sites is 1. The number of carbonyl (C=O) groups excluding carboxylic acids is 3. The second-order valence-electron chi connectivity index (χ2n) is 12.0. The van der Waals surface area contributed by atoms with E-state index in [0.29, 0.717) is 30.6 Å². The third-order valence-electron chi connectivity index (χ3n) is 9.65. The highest BCUT2D eigenvalue weighted by atomic mass is 16.5. The minimum Gasteiger partial charge on any atom is -0.394 e. The van der Waals surface area contributed by atoms with E-state index in [4.69, 9.17) is 4.74 Å². The predicted molar refractivity (Wildman–Crippen MR) is 157 cm³/mol. The summed E-state index contributed by atoms with van der Waals surface area (Å²) in [7, 11) is 0. The maximum atomic E-state index is 14.4. The van der Waals surface area contributed by atoms with Crippen molar-refractivity contribution in [3.05, 3.63) is 72.8 Å². The molecule has 41 heavy (non-hydrogen) atoms. The number of nitrogens with zero attached hydrogens (tertiary/aromatic N) is 1. The van der Waals surface area contributed by atoms with Crippen LogP contribution in [0, 0.1) is 17.8 Å². The lowest BCUT2D eigenvalue weighted by Gasteiger charge is -2.39. The molecule has 1 spiro atoms. The number of hydrogen-bond acceptors (Lipinski definition) is 5. The summed E-state index contributed by atoms with van der Waals surface area (Å²) in [5, 5.41) is 18.6. The van der Waals surface area contributed by atoms with E-state index < -0.39 is 35.1 Å². The van der Waals surface area contributed by atoms with Gasteiger partial charge >= 0.3 is 0 Å². The van der Waals surface area contributed by atoms with Gasteiger partial charge in [-0.15, -0.1) is 0 Å². The van der Waals surface area contributed by atoms with Gasteiger partial charge in [0, 0.05) is 11.4 Å². The summed E-state index contributed by atoms with van der Waals surface area (Å²) in [4.78, 5) is 44.0. The molecule has 0 radical (unpaired) electrons. The Bertz CT molecular complexity index is 1490. The number of anilines is 2. The molecule has 214 valence electrons. The van der Waals surface area contributed by atoms with Gasteiger partial charge in [-0.1, -0.05) is 68.8 Å². The van der Waals surface area contributed by atoms with E-state index in [1.807, 2.05) is 81.4 Å². The highest BCUT2D eigenvalue weighted by Crippen LogP contribution is 2.63. The summed E-state index contributed by atoms with van der Waals surface area (Å²) in [5.74, 6) is -2.65. The minimum absolute atomic E-state index is 0.0699. The van der Waals surface area contributed by atoms with Crippen molar-refractivity contribution >= 4 is 39.9 Å². The minimum atomic E-state index is -1.17. The molecule has 3 saturated heterocycles. The maximum Gasteiger partial charge on any atom is 0.250 e. The van der Waals surface area contributed by atoms with Gasteiger partial charge in [-0.3, -0.25) is 14.4 Å². The van der Waals surface area contributed by atoms with Crippen LogP contribution in [-0.4, -0.2) is 57.6 Å². The van der Waals surface area contributed by atoms with Crippen molar-refractivity contribution in [3.8, 4) is 0 Å². The van der Waals surface area contributed by atoms with Crippen LogP contribution in [0.5, 0.6) is 0 Å². The molecule has 7 atom stereocenters. The fourth-order valence-corrected chi connectivity index (χ4v) is 7.46. The van der Waals surface area contributed by atoms with Crippen molar-refractivity contribution in [2.75, 3.05) is 17.2 Å². The molecule has 3 fully saturated rings. The Labute approximate surface area is 240 Å². The van der Waals surface area contributed by atoms with Gasteiger partial charge in [0.25, 0.3) is 0 Å². The Morgan fingerprint density at radius 1 is 0.976 bits per heavy atom. The fourth-order valence-electron chi connectivity index (χ4n) is 7.46. The molecule has 2 bridgehead atoms. The normalized spacial score (nSPS) is 29.8. The lowest BCUT2D eigenvalue weighted by atomic mass is 9.66. The standard InChI is InChI=1S/C33H37N3O5/c1-4-20(2)25(19-37)36-28(30(39)35-24-15-14-21-10-8-9-11-22(21)18-24)33-17-16-32(3,41-33)26(27(33)31(36)40)29(38)34-23-12-6-5-7-13-23/h5-15,18,20,25-28,37H,4,16-17,19H2,1-3H3,(H,34,38)(H,35,39)/t20-,25-,26+,27-,28?,32-,33?/m0/s1. The largest absolute Gasteiger partial charge is 0.394 e. The number of rotatable bonds is 8. The first-order valence-corrected chi connectivity index (χ1v) is 14.5. The average Bonchev–Trinajstić information content (AvgIpc) is 3.54. The molecule has 3 N–H and O–H groups in total. The van der Waals surface area contributed by atoms with Crippen molar-refractivity contribution in [2.45, 2.75) is 63.3 Å². The second-order valence-corrected chi connectivity index (χ2v) is 12.0. The number of benzene rings is 3. The summed E-state index contributed by atoms with van der Waals surface area (Å²) < 4.78 is 6.73. The predicted octanol–water partition coefficient (Wildman–Crippen LogP) is 4.59. The SMILES string of the molecule is CC[C@H](C)[C@H](CO)N1C(=O)[C@@H]2[C@H](C(=O)Nc3ccccc3)[C@]3(C)CCC2(O3)C1C(=O)Nc1ccc2ccccc2c1. The van der Waals surface area contributed by atoms with Crippen molar-refractivity contribution < 1.29 is 24.2 Å². The quantitative estimate of drug-likeness (QED) is 0.377. The summed E-state index contributed by atoms with van der Waals surface area (Å²) in [6, 6.07) is 21.2. The van der Waals surface area contributed by atoms with Crippen molar-refractivity contribution in [3.63, 3.8) is 0 Å². The lowest BCUT2D eigenvalue weighted by molar-refractivity contribution is -0.148. The first-order chi connectivity index (χ1) is 19.7. The molecule has 8 heteroatoms. The van der Waals surface area contributed by atoms with E-state index in [1.54, 1.807) is 17.0 Å². The molecule has 3 aromatic carbocycles. The Morgan fingerprint density at radius 2 is 1.66 bits per heavy atom. The molecule has 2 unspecified atom stereocenters. The number of nitrogens with one attached hydrogen (secondary N) is 2. The van der Waals surface area contributed by atoms with Gasteiger partial charge in [0.05, 0.1) is 30.1 Å². The van der Waals surface area contributed by atoms with Crippen molar-refractivity contribution in [2.24, 2.45) is 17.8 Å². The molecule has 8 nitrogen and oxygen atoms in total. The summed E-state index contributed by atoms with van der Waals surface area (Å²) in [6.45, 7) is 5.55. The first kappa shape index (κ1) is 27.4. The zero-order valence-corrected chi connectivity index (χ0v) is 23.7. The number of likely N-dealkylation sites (tertiary alicyclic amines) is 1. The van der Waals surface area contributed by atoms with Crippen LogP contribution >= 0.6 is 0 Å². The molecular formula is C33H37N3O5. The van der Waals surface area contributed by atoms with Gasteiger partial charge in [0.15, 0.2) is 0 Å². The van der Waals surface area contributed by atoms with E-state index in [1.165, 1.54) is 0 Å². The van der Waals surface area contributed by atoms with E-state index in [-0.39, 0.29) is 30.2 Å². The zero-order chi connectivity index (χ0) is 28.9. The van der Waals surface area contributed by atoms with E-state index >= 15 is 0 Å². The van der Waals surface area contributed by atoms with Gasteiger partial charge in [-0.05, 0) is 60.7 Å². The van der Waals surface area contributed by atoms with E-state index in [2.05, 4.69) is 10.6 Å². The van der Waals surface area contributed by atoms with Crippen LogP contribution in [0.3, 0.4) is 0 Å². The molecule has 0 saturated carbocycles. The Morgan fingerprint density at radius 3 is 2.37 bits per heavy atom. The maximum absolute atomic E-state index is 14.4. The number of ether oxygens (including phenoxy) is 1. The Balaban J connectivity index is 1.39. The number of aliphatic hydroxyl groups excluding tert-OH is 1. The third kappa shape index (κ3) is 4.32. The first-order valence-electron chi connectivity index (χ1n) is 14.5. The molecular weight excluding hydrogens is 518 g/mol. The average molecular weight is 556 g/mol. The topological polar surface area (TPSA) is 108 Å². The van der Waals surface area contributed by atoms with Crippen LogP contribution in [0.25, 0.3) is 10.8 Å². The number of carbonyl (C=O) groups is 3. The van der Waals surface area contributed by atoms with Gasteiger partial charge in [0.2, 0.25) is 17.7 Å². The summed E-state index contributed by atoms with van der Waals surface area (Å²) >= 11 is 0. The van der Waals surface area contributed by atoms with Crippen LogP contribution in [0.2, 0.25) is 0 Å². The van der Waals surface area contributed by atoms with Crippen LogP contribution < -0.4 is 10.6 Å². The van der Waals surface area contributed by atoms with Crippen molar-refractivity contribution in [1.29, 1.82) is 0 Å². The molecule has 0 aliphatic carbocycles. The van der Waals surface area contributed by atoms with E-state index in [0.717, 1.165) is 10.8 Å². The Hall–Kier alpha value is -3.75. The van der Waals surface area contributed by atoms with Crippen LogP contribution in [0.4, 0.5) is 11.4 Å². The zero-order valence-electron chi connectivity index (χ0n) is 23.7. The number of hydrogen-bond donors (Lipinski definition) is 3. The van der Waals surface area contributed by atoms with Gasteiger partial charge in [-0.2, -0.15) is 0 Å². The molecule has 6 rings (SSSR count). The molecule has 0 aromatic heterocycles. The number of amides is 3. The van der Waals surface area contributed by atoms with E-state index in [9.17, 15) is 19.5 Å². The second kappa shape index (κ2) is 10.3. The lowest BCUT2D eigenvalue weighted by Crippen LogP contribution is -2.57. The highest BCUT2D eigenvalue weighted by molar-refractivity contribution is 6.06. The molecule has 3 amide bonds.